The standard InChI is InChI=1S/C29H40N5O15P/c1-16(2)44-28(40)17(3)33-50(41,49-21-10-8-7-9-11-21)43-13-12-24(39)42-15-22-26(45-18(4)35)27(46-19(5)36)25(29(48-22)47-20(6)37)32-23(38)14-31-34-30/h7-11,16-17,22,25-27,29H,12-15H2,1-6H3,(H,32,38)(H,33,41)/t17-,22+,25-,26+,27+,29?,50?/m0/s1. The van der Waals surface area contributed by atoms with E-state index in [1.54, 1.807) is 32.0 Å². The van der Waals surface area contributed by atoms with Gasteiger partial charge in [0.2, 0.25) is 12.2 Å². The van der Waals surface area contributed by atoms with Crippen LogP contribution < -0.4 is 14.9 Å². The summed E-state index contributed by atoms with van der Waals surface area (Å²) < 4.78 is 56.6. The van der Waals surface area contributed by atoms with Crippen LogP contribution in [0.2, 0.25) is 0 Å². The molecule has 1 saturated heterocycles. The van der Waals surface area contributed by atoms with Gasteiger partial charge in [-0.2, -0.15) is 5.09 Å². The second-order valence-corrected chi connectivity index (χ2v) is 12.5. The molecule has 1 heterocycles. The van der Waals surface area contributed by atoms with Crippen LogP contribution in [0.5, 0.6) is 5.75 Å². The van der Waals surface area contributed by atoms with E-state index < -0.39 is 112 Å². The minimum atomic E-state index is -4.29. The van der Waals surface area contributed by atoms with Gasteiger partial charge in [-0.05, 0) is 38.4 Å². The number of rotatable bonds is 18. The Kier molecular flexibility index (Phi) is 16.6. The molecular formula is C29H40N5O15P. The van der Waals surface area contributed by atoms with Gasteiger partial charge in [0.15, 0.2) is 12.2 Å². The molecule has 2 unspecified atom stereocenters. The predicted octanol–water partition coefficient (Wildman–Crippen LogP) is 2.00. The molecule has 2 N–H and O–H groups in total. The van der Waals surface area contributed by atoms with Gasteiger partial charge < -0.3 is 38.3 Å². The molecule has 1 aromatic carbocycles. The Balaban J connectivity index is 2.21. The first kappa shape index (κ1) is 41.4. The molecule has 21 heteroatoms. The summed E-state index contributed by atoms with van der Waals surface area (Å²) in [4.78, 5) is 76.0. The van der Waals surface area contributed by atoms with Gasteiger partial charge in [-0.1, -0.05) is 23.3 Å². The Morgan fingerprint density at radius 2 is 1.58 bits per heavy atom. The van der Waals surface area contributed by atoms with Gasteiger partial charge in [0.05, 0.1) is 19.1 Å². The van der Waals surface area contributed by atoms with E-state index in [0.717, 1.165) is 20.8 Å². The molecule has 1 amide bonds. The van der Waals surface area contributed by atoms with Crippen molar-refractivity contribution in [3.63, 3.8) is 0 Å². The van der Waals surface area contributed by atoms with Crippen LogP contribution in [0.15, 0.2) is 35.4 Å². The maximum Gasteiger partial charge on any atom is 0.459 e. The molecule has 0 aliphatic carbocycles. The van der Waals surface area contributed by atoms with Gasteiger partial charge >= 0.3 is 37.6 Å². The van der Waals surface area contributed by atoms with E-state index >= 15 is 0 Å². The van der Waals surface area contributed by atoms with E-state index in [0.29, 0.717) is 0 Å². The zero-order valence-corrected chi connectivity index (χ0v) is 29.1. The van der Waals surface area contributed by atoms with Crippen molar-refractivity contribution < 1.29 is 70.8 Å². The summed E-state index contributed by atoms with van der Waals surface area (Å²) in [5.74, 6) is -5.06. The highest BCUT2D eigenvalue weighted by atomic mass is 31.2. The number of carbonyl (C=O) groups excluding carboxylic acids is 6. The lowest BCUT2D eigenvalue weighted by molar-refractivity contribution is -0.271. The fourth-order valence-electron chi connectivity index (χ4n) is 4.28. The maximum absolute atomic E-state index is 13.6. The van der Waals surface area contributed by atoms with Crippen LogP contribution in [-0.2, 0) is 66.3 Å². The Morgan fingerprint density at radius 1 is 0.960 bits per heavy atom. The summed E-state index contributed by atoms with van der Waals surface area (Å²) in [5.41, 5.74) is 8.54. The lowest BCUT2D eigenvalue weighted by atomic mass is 9.96. The molecule has 0 bridgehead atoms. The molecule has 276 valence electrons. The number of nitrogens with one attached hydrogen (secondary N) is 2. The summed E-state index contributed by atoms with van der Waals surface area (Å²) in [6, 6.07) is 5.30. The summed E-state index contributed by atoms with van der Waals surface area (Å²) in [5, 5.41) is 7.99. The maximum atomic E-state index is 13.6. The molecule has 0 saturated carbocycles. The zero-order valence-electron chi connectivity index (χ0n) is 28.2. The molecule has 1 fully saturated rings. The van der Waals surface area contributed by atoms with Crippen LogP contribution in [0.3, 0.4) is 0 Å². The van der Waals surface area contributed by atoms with Gasteiger partial charge in [0, 0.05) is 25.7 Å². The number of hydrogen-bond donors (Lipinski definition) is 2. The molecule has 1 aliphatic rings. The average molecular weight is 730 g/mol. The van der Waals surface area contributed by atoms with Crippen LogP contribution in [0.1, 0.15) is 48.0 Å². The van der Waals surface area contributed by atoms with Crippen molar-refractivity contribution in [1.82, 2.24) is 10.4 Å². The first-order valence-electron chi connectivity index (χ1n) is 15.1. The number of hydrogen-bond acceptors (Lipinski definition) is 16. The van der Waals surface area contributed by atoms with Crippen LogP contribution in [0.25, 0.3) is 10.4 Å². The second-order valence-electron chi connectivity index (χ2n) is 10.8. The lowest BCUT2D eigenvalue weighted by Gasteiger charge is -2.44. The van der Waals surface area contributed by atoms with Crippen LogP contribution in [0.4, 0.5) is 0 Å². The number of azide groups is 1. The van der Waals surface area contributed by atoms with Gasteiger partial charge in [-0.25, -0.2) is 4.57 Å². The molecule has 0 aromatic heterocycles. The topological polar surface area (TPSA) is 266 Å². The molecule has 2 rings (SSSR count). The summed E-state index contributed by atoms with van der Waals surface area (Å²) in [6.07, 6.45) is -7.13. The molecule has 7 atom stereocenters. The van der Waals surface area contributed by atoms with E-state index in [9.17, 15) is 33.3 Å². The minimum Gasteiger partial charge on any atom is -0.463 e. The van der Waals surface area contributed by atoms with Crippen molar-refractivity contribution in [3.05, 3.63) is 40.8 Å². The number of ether oxygens (including phenoxy) is 6. The summed E-state index contributed by atoms with van der Waals surface area (Å²) >= 11 is 0. The quantitative estimate of drug-likeness (QED) is 0.0546. The number of esters is 5. The monoisotopic (exact) mass is 729 g/mol. The molecule has 50 heavy (non-hydrogen) atoms. The van der Waals surface area contributed by atoms with Crippen molar-refractivity contribution >= 4 is 43.5 Å². The molecular weight excluding hydrogens is 689 g/mol. The summed E-state index contributed by atoms with van der Waals surface area (Å²) in [6.45, 7) is 5.85. The molecule has 1 aliphatic heterocycles. The molecule has 20 nitrogen and oxygen atoms in total. The average Bonchev–Trinajstić information content (AvgIpc) is 3.01. The van der Waals surface area contributed by atoms with Gasteiger partial charge in [-0.3, -0.25) is 33.3 Å². The van der Waals surface area contributed by atoms with Gasteiger partial charge in [0.25, 0.3) is 0 Å². The highest BCUT2D eigenvalue weighted by molar-refractivity contribution is 7.52. The van der Waals surface area contributed by atoms with Crippen molar-refractivity contribution in [1.29, 1.82) is 0 Å². The Bertz CT molecular complexity index is 1460. The number of carbonyl (C=O) groups is 6. The smallest absolute Gasteiger partial charge is 0.459 e. The SMILES string of the molecule is CC(=O)OC1O[C@H](COC(=O)CCOP(=O)(N[C@@H](C)C(=O)OC(C)C)Oc2ccccc2)[C@@H](OC(C)=O)[C@H](OC(C)=O)[C@@H]1NC(=O)CN=[N+]=[N-]. The number of nitrogens with zero attached hydrogens (tertiary/aromatic N) is 3. The Hall–Kier alpha value is -4.74. The summed E-state index contributed by atoms with van der Waals surface area (Å²) in [7, 11) is -4.29. The van der Waals surface area contributed by atoms with Crippen molar-refractivity contribution in [3.8, 4) is 5.75 Å². The molecule has 0 radical (unpaired) electrons. The normalized spacial score (nSPS) is 21.6. The fourth-order valence-corrected chi connectivity index (χ4v) is 5.77. The number of benzene rings is 1. The highest BCUT2D eigenvalue weighted by Gasteiger charge is 2.52. The third-order valence-corrected chi connectivity index (χ3v) is 7.82. The van der Waals surface area contributed by atoms with E-state index in [1.165, 1.54) is 19.1 Å². The molecule has 0 spiro atoms. The van der Waals surface area contributed by atoms with Crippen LogP contribution in [-0.4, -0.2) is 98.3 Å². The second kappa shape index (κ2) is 20.1. The fraction of sp³-hybridized carbons (Fsp3) is 0.586. The van der Waals surface area contributed by atoms with E-state index in [2.05, 4.69) is 20.4 Å². The van der Waals surface area contributed by atoms with E-state index in [-0.39, 0.29) is 5.75 Å². The van der Waals surface area contributed by atoms with Gasteiger partial charge in [0.1, 0.15) is 37.1 Å². The molecule has 1 aromatic rings. The Morgan fingerprint density at radius 3 is 2.16 bits per heavy atom. The predicted molar refractivity (Wildman–Crippen MR) is 168 cm³/mol. The van der Waals surface area contributed by atoms with E-state index in [4.69, 9.17) is 43.0 Å². The zero-order chi connectivity index (χ0) is 37.4. The van der Waals surface area contributed by atoms with Gasteiger partial charge in [-0.15, -0.1) is 0 Å². The van der Waals surface area contributed by atoms with Crippen molar-refractivity contribution in [2.24, 2.45) is 5.11 Å². The third-order valence-electron chi connectivity index (χ3n) is 6.14. The minimum absolute atomic E-state index is 0.137. The van der Waals surface area contributed by atoms with Crippen molar-refractivity contribution in [2.75, 3.05) is 19.8 Å². The van der Waals surface area contributed by atoms with Crippen LogP contribution >= 0.6 is 7.75 Å². The first-order valence-corrected chi connectivity index (χ1v) is 16.7. The number of para-hydroxylation sites is 1. The lowest BCUT2D eigenvalue weighted by Crippen LogP contribution is -2.67. The first-order chi connectivity index (χ1) is 23.5. The third kappa shape index (κ3) is 14.4. The van der Waals surface area contributed by atoms with Crippen molar-refractivity contribution in [2.45, 2.75) is 90.8 Å². The highest BCUT2D eigenvalue weighted by Crippen LogP contribution is 2.45. The number of amides is 1. The largest absolute Gasteiger partial charge is 0.463 e. The van der Waals surface area contributed by atoms with E-state index in [1.807, 2.05) is 0 Å². The van der Waals surface area contributed by atoms with Crippen LogP contribution in [0, 0.1) is 0 Å². The Labute approximate surface area is 286 Å².